The van der Waals surface area contributed by atoms with E-state index in [-0.39, 0.29) is 28.0 Å². The minimum atomic E-state index is -0.824. The van der Waals surface area contributed by atoms with Gasteiger partial charge in [-0.1, -0.05) is 29.8 Å². The molecule has 2 heterocycles. The fourth-order valence-corrected chi connectivity index (χ4v) is 4.52. The van der Waals surface area contributed by atoms with Gasteiger partial charge in [-0.3, -0.25) is 9.59 Å². The van der Waals surface area contributed by atoms with Crippen LogP contribution >= 0.6 is 11.6 Å². The molecule has 1 aliphatic heterocycles. The fourth-order valence-electron chi connectivity index (χ4n) is 4.35. The van der Waals surface area contributed by atoms with Gasteiger partial charge in [-0.05, 0) is 38.1 Å². The molecular formula is C24H25ClFN2O3+. The summed E-state index contributed by atoms with van der Waals surface area (Å²) < 4.78 is 20.7. The molecule has 0 aliphatic carbocycles. The molecule has 1 atom stereocenters. The Balaban J connectivity index is 1.82. The van der Waals surface area contributed by atoms with Crippen LogP contribution in [0.5, 0.6) is 0 Å². The minimum Gasteiger partial charge on any atom is -0.450 e. The van der Waals surface area contributed by atoms with Gasteiger partial charge in [-0.25, -0.2) is 4.39 Å². The summed E-state index contributed by atoms with van der Waals surface area (Å²) in [7, 11) is 0. The van der Waals surface area contributed by atoms with Gasteiger partial charge in [0.2, 0.25) is 5.76 Å². The Morgan fingerprint density at radius 2 is 1.87 bits per heavy atom. The monoisotopic (exact) mass is 443 g/mol. The van der Waals surface area contributed by atoms with E-state index < -0.39 is 11.9 Å². The van der Waals surface area contributed by atoms with Crippen molar-refractivity contribution < 1.29 is 18.5 Å². The first kappa shape index (κ1) is 21.5. The van der Waals surface area contributed by atoms with Gasteiger partial charge >= 0.3 is 0 Å². The number of carbonyl (C=O) groups excluding carboxylic acids is 1. The average Bonchev–Trinajstić information content (AvgIpc) is 3.04. The van der Waals surface area contributed by atoms with Crippen LogP contribution in [0.15, 0.2) is 51.7 Å². The van der Waals surface area contributed by atoms with Crippen LogP contribution in [0.4, 0.5) is 4.39 Å². The van der Waals surface area contributed by atoms with Gasteiger partial charge in [0.1, 0.15) is 11.4 Å². The van der Waals surface area contributed by atoms with Crippen molar-refractivity contribution in [1.82, 2.24) is 4.90 Å². The standard InChI is InChI=1S/C24H24ClFN2O3/c1-3-27(4-2)12-7-13-28-21(16-8-5-6-9-18(16)26)20-22(29)17-14-15(25)10-11-19(17)31-23(20)24(28)30/h5-6,8-11,14,21H,3-4,7,12-13H2,1-2H3/p+1. The molecule has 0 fully saturated rings. The highest BCUT2D eigenvalue weighted by atomic mass is 35.5. The molecule has 1 aromatic heterocycles. The minimum absolute atomic E-state index is 0.0109. The maximum Gasteiger partial charge on any atom is 0.290 e. The summed E-state index contributed by atoms with van der Waals surface area (Å²) in [6, 6.07) is 10.1. The molecule has 0 bridgehead atoms. The van der Waals surface area contributed by atoms with Crippen LogP contribution in [0.2, 0.25) is 5.02 Å². The normalized spacial score (nSPS) is 15.8. The van der Waals surface area contributed by atoms with E-state index in [1.807, 2.05) is 0 Å². The first-order chi connectivity index (χ1) is 15.0. The molecule has 31 heavy (non-hydrogen) atoms. The zero-order chi connectivity index (χ0) is 22.1. The van der Waals surface area contributed by atoms with Crippen LogP contribution in [-0.2, 0) is 0 Å². The Labute approximate surface area is 185 Å². The van der Waals surface area contributed by atoms with E-state index in [2.05, 4.69) is 13.8 Å². The summed E-state index contributed by atoms with van der Waals surface area (Å²) in [4.78, 5) is 29.7. The van der Waals surface area contributed by atoms with Crippen molar-refractivity contribution in [3.63, 3.8) is 0 Å². The number of benzene rings is 2. The Bertz CT molecular complexity index is 1190. The van der Waals surface area contributed by atoms with Crippen LogP contribution in [0.1, 0.15) is 48.0 Å². The van der Waals surface area contributed by atoms with Crippen LogP contribution in [0, 0.1) is 5.82 Å². The molecule has 0 saturated heterocycles. The van der Waals surface area contributed by atoms with Crippen molar-refractivity contribution in [1.29, 1.82) is 0 Å². The van der Waals surface area contributed by atoms with Crippen molar-refractivity contribution >= 4 is 28.5 Å². The van der Waals surface area contributed by atoms with Crippen LogP contribution in [-0.4, -0.2) is 37.0 Å². The van der Waals surface area contributed by atoms with Crippen molar-refractivity contribution in [2.45, 2.75) is 26.3 Å². The summed E-state index contributed by atoms with van der Waals surface area (Å²) in [5, 5.41) is 0.681. The Morgan fingerprint density at radius 1 is 1.13 bits per heavy atom. The van der Waals surface area contributed by atoms with Crippen LogP contribution in [0.3, 0.4) is 0 Å². The molecule has 0 saturated carbocycles. The molecule has 4 rings (SSSR count). The number of amides is 1. The number of halogens is 2. The highest BCUT2D eigenvalue weighted by Gasteiger charge is 2.43. The van der Waals surface area contributed by atoms with Crippen LogP contribution < -0.4 is 10.3 Å². The van der Waals surface area contributed by atoms with Gasteiger partial charge < -0.3 is 14.2 Å². The number of hydrogen-bond acceptors (Lipinski definition) is 3. The molecule has 162 valence electrons. The molecule has 1 aliphatic rings. The lowest BCUT2D eigenvalue weighted by Gasteiger charge is -2.26. The van der Waals surface area contributed by atoms with E-state index in [0.29, 0.717) is 22.7 Å². The van der Waals surface area contributed by atoms with Gasteiger partial charge in [-0.15, -0.1) is 0 Å². The number of nitrogens with one attached hydrogen (secondary N) is 1. The van der Waals surface area contributed by atoms with Gasteiger partial charge in [0.25, 0.3) is 5.91 Å². The molecule has 1 unspecified atom stereocenters. The highest BCUT2D eigenvalue weighted by Crippen LogP contribution is 2.39. The topological polar surface area (TPSA) is 55.0 Å². The highest BCUT2D eigenvalue weighted by molar-refractivity contribution is 6.31. The number of rotatable bonds is 7. The third-order valence-corrected chi connectivity index (χ3v) is 6.29. The van der Waals surface area contributed by atoms with E-state index in [9.17, 15) is 14.0 Å². The first-order valence-electron chi connectivity index (χ1n) is 10.6. The summed E-state index contributed by atoms with van der Waals surface area (Å²) in [6.07, 6.45) is 0.737. The Kier molecular flexibility index (Phi) is 6.12. The number of carbonyl (C=O) groups is 1. The van der Waals surface area contributed by atoms with Gasteiger partial charge in [0.05, 0.1) is 36.6 Å². The second-order valence-electron chi connectivity index (χ2n) is 7.80. The third-order valence-electron chi connectivity index (χ3n) is 6.06. The quantitative estimate of drug-likeness (QED) is 0.608. The lowest BCUT2D eigenvalue weighted by Crippen LogP contribution is -3.11. The van der Waals surface area contributed by atoms with E-state index in [0.717, 1.165) is 26.1 Å². The molecule has 1 N–H and O–H groups in total. The van der Waals surface area contributed by atoms with E-state index >= 15 is 0 Å². The summed E-state index contributed by atoms with van der Waals surface area (Å²) in [5.74, 6) is -0.854. The van der Waals surface area contributed by atoms with Crippen LogP contribution in [0.25, 0.3) is 11.0 Å². The van der Waals surface area contributed by atoms with Gasteiger partial charge in [0.15, 0.2) is 5.43 Å². The zero-order valence-corrected chi connectivity index (χ0v) is 18.3. The predicted octanol–water partition coefficient (Wildman–Crippen LogP) is 3.45. The molecular weight excluding hydrogens is 419 g/mol. The number of hydrogen-bond donors (Lipinski definition) is 1. The maximum absolute atomic E-state index is 14.8. The molecule has 3 aromatic rings. The second kappa shape index (κ2) is 8.81. The summed E-state index contributed by atoms with van der Waals surface area (Å²) in [6.45, 7) is 7.52. The van der Waals surface area contributed by atoms with E-state index in [1.54, 1.807) is 35.2 Å². The first-order valence-corrected chi connectivity index (χ1v) is 11.0. The molecule has 2 aromatic carbocycles. The fraction of sp³-hybridized carbons (Fsp3) is 0.333. The van der Waals surface area contributed by atoms with Crippen molar-refractivity contribution in [3.8, 4) is 0 Å². The molecule has 1 amide bonds. The number of quaternary nitrogens is 1. The SMILES string of the molecule is CC[NH+](CC)CCCN1C(=O)c2oc3ccc(Cl)cc3c(=O)c2C1c1ccccc1F. The smallest absolute Gasteiger partial charge is 0.290 e. The van der Waals surface area contributed by atoms with E-state index in [1.165, 1.54) is 17.0 Å². The summed E-state index contributed by atoms with van der Waals surface area (Å²) in [5.41, 5.74) is 0.416. The second-order valence-corrected chi connectivity index (χ2v) is 8.23. The number of nitrogens with zero attached hydrogens (tertiary/aromatic N) is 1. The predicted molar refractivity (Wildman–Crippen MR) is 118 cm³/mol. The lowest BCUT2D eigenvalue weighted by molar-refractivity contribution is -0.896. The summed E-state index contributed by atoms with van der Waals surface area (Å²) >= 11 is 6.08. The Hall–Kier alpha value is -2.70. The Morgan fingerprint density at radius 3 is 2.58 bits per heavy atom. The molecule has 5 nitrogen and oxygen atoms in total. The van der Waals surface area contributed by atoms with Crippen molar-refractivity contribution in [3.05, 3.63) is 80.4 Å². The van der Waals surface area contributed by atoms with Crippen molar-refractivity contribution in [2.24, 2.45) is 0 Å². The third kappa shape index (κ3) is 3.86. The maximum atomic E-state index is 14.8. The molecule has 0 spiro atoms. The zero-order valence-electron chi connectivity index (χ0n) is 17.6. The lowest BCUT2D eigenvalue weighted by atomic mass is 9.98. The number of fused-ring (bicyclic) bond motifs is 2. The largest absolute Gasteiger partial charge is 0.450 e. The van der Waals surface area contributed by atoms with E-state index in [4.69, 9.17) is 16.0 Å². The molecule has 0 radical (unpaired) electrons. The average molecular weight is 444 g/mol. The van der Waals surface area contributed by atoms with Gasteiger partial charge in [0, 0.05) is 23.6 Å². The molecule has 7 heteroatoms. The van der Waals surface area contributed by atoms with Gasteiger partial charge in [-0.2, -0.15) is 0 Å². The van der Waals surface area contributed by atoms with Crippen molar-refractivity contribution in [2.75, 3.05) is 26.2 Å².